The summed E-state index contributed by atoms with van der Waals surface area (Å²) in [5, 5.41) is 8.71. The summed E-state index contributed by atoms with van der Waals surface area (Å²) in [4.78, 5) is 23.4. The number of hydrogen-bond acceptors (Lipinski definition) is 3. The van der Waals surface area contributed by atoms with Crippen molar-refractivity contribution in [3.8, 4) is 0 Å². The third kappa shape index (κ3) is 3.54. The van der Waals surface area contributed by atoms with Crippen molar-refractivity contribution in [3.63, 3.8) is 0 Å². The highest BCUT2D eigenvalue weighted by Gasteiger charge is 2.24. The molecule has 0 radical (unpaired) electrons. The Morgan fingerprint density at radius 1 is 1.32 bits per heavy atom. The number of benzene rings is 1. The Bertz CT molecular complexity index is 470. The summed E-state index contributed by atoms with van der Waals surface area (Å²) < 4.78 is 0. The van der Waals surface area contributed by atoms with Crippen molar-refractivity contribution in [2.75, 3.05) is 19.6 Å². The number of carbonyl (C=O) groups is 2. The molecule has 0 saturated carbocycles. The van der Waals surface area contributed by atoms with E-state index in [1.165, 1.54) is 0 Å². The molecule has 1 aliphatic heterocycles. The average Bonchev–Trinajstić information content (AvgIpc) is 2.35. The van der Waals surface area contributed by atoms with Crippen molar-refractivity contribution in [2.24, 2.45) is 5.92 Å². The van der Waals surface area contributed by atoms with Crippen LogP contribution in [0.2, 0.25) is 0 Å². The van der Waals surface area contributed by atoms with E-state index in [0.717, 1.165) is 18.7 Å². The minimum Gasteiger partial charge on any atom is -0.352 e. The average molecular weight is 261 g/mol. The Labute approximate surface area is 112 Å². The quantitative estimate of drug-likeness (QED) is 0.712. The highest BCUT2D eigenvalue weighted by molar-refractivity contribution is 5.94. The van der Waals surface area contributed by atoms with Crippen LogP contribution in [0.4, 0.5) is 0 Å². The topological polar surface area (TPSA) is 70.2 Å². The van der Waals surface area contributed by atoms with Gasteiger partial charge in [-0.2, -0.15) is 0 Å². The van der Waals surface area contributed by atoms with Crippen molar-refractivity contribution in [3.05, 3.63) is 35.4 Å². The summed E-state index contributed by atoms with van der Waals surface area (Å²) in [6.07, 6.45) is 0. The molecule has 2 amide bonds. The van der Waals surface area contributed by atoms with Gasteiger partial charge in [-0.3, -0.25) is 9.59 Å². The van der Waals surface area contributed by atoms with Gasteiger partial charge < -0.3 is 16.0 Å². The second kappa shape index (κ2) is 6.33. The van der Waals surface area contributed by atoms with E-state index >= 15 is 0 Å². The fourth-order valence-corrected chi connectivity index (χ4v) is 1.89. The van der Waals surface area contributed by atoms with Crippen molar-refractivity contribution in [1.82, 2.24) is 16.0 Å². The predicted octanol–water partition coefficient (Wildman–Crippen LogP) is 0.272. The van der Waals surface area contributed by atoms with Gasteiger partial charge in [0.15, 0.2) is 0 Å². The normalized spacial score (nSPS) is 14.6. The molecule has 0 atom stereocenters. The lowest BCUT2D eigenvalue weighted by molar-refractivity contribution is -0.126. The summed E-state index contributed by atoms with van der Waals surface area (Å²) >= 11 is 0. The van der Waals surface area contributed by atoms with E-state index in [9.17, 15) is 9.59 Å². The summed E-state index contributed by atoms with van der Waals surface area (Å²) in [6, 6.07) is 7.31. The van der Waals surface area contributed by atoms with E-state index in [4.69, 9.17) is 0 Å². The van der Waals surface area contributed by atoms with Gasteiger partial charge in [0.05, 0.1) is 5.92 Å². The van der Waals surface area contributed by atoms with E-state index < -0.39 is 0 Å². The van der Waals surface area contributed by atoms with Gasteiger partial charge in [-0.25, -0.2) is 0 Å². The Morgan fingerprint density at radius 3 is 2.74 bits per heavy atom. The molecule has 0 aromatic heterocycles. The minimum absolute atomic E-state index is 0.0714. The predicted molar refractivity (Wildman–Crippen MR) is 72.7 cm³/mol. The zero-order chi connectivity index (χ0) is 13.7. The molecule has 1 saturated heterocycles. The summed E-state index contributed by atoms with van der Waals surface area (Å²) in [5.74, 6) is 0.0765. The van der Waals surface area contributed by atoms with Gasteiger partial charge in [0.25, 0.3) is 5.91 Å². The molecular formula is C14H19N3O2. The van der Waals surface area contributed by atoms with Crippen LogP contribution in [0.5, 0.6) is 0 Å². The number of nitrogens with one attached hydrogen (secondary N) is 3. The Kier molecular flexibility index (Phi) is 4.52. The largest absolute Gasteiger partial charge is 0.352 e. The molecule has 0 unspecified atom stereocenters. The highest BCUT2D eigenvalue weighted by atomic mass is 16.2. The van der Waals surface area contributed by atoms with Crippen LogP contribution < -0.4 is 16.0 Å². The number of amides is 2. The van der Waals surface area contributed by atoms with Crippen LogP contribution in [0.15, 0.2) is 24.3 Å². The van der Waals surface area contributed by atoms with Gasteiger partial charge in [0, 0.05) is 31.7 Å². The maximum Gasteiger partial charge on any atom is 0.251 e. The fourth-order valence-electron chi connectivity index (χ4n) is 1.89. The molecule has 0 spiro atoms. The first-order valence-corrected chi connectivity index (χ1v) is 6.56. The first-order chi connectivity index (χ1) is 9.20. The molecule has 5 nitrogen and oxygen atoms in total. The van der Waals surface area contributed by atoms with Crippen LogP contribution in [-0.4, -0.2) is 31.4 Å². The molecule has 2 rings (SSSR count). The van der Waals surface area contributed by atoms with Gasteiger partial charge in [0.2, 0.25) is 5.91 Å². The van der Waals surface area contributed by atoms with Gasteiger partial charge in [-0.05, 0) is 24.6 Å². The molecule has 1 heterocycles. The Balaban J connectivity index is 1.91. The van der Waals surface area contributed by atoms with Gasteiger partial charge in [0.1, 0.15) is 0 Å². The van der Waals surface area contributed by atoms with Gasteiger partial charge in [-0.1, -0.05) is 12.1 Å². The van der Waals surface area contributed by atoms with Crippen LogP contribution >= 0.6 is 0 Å². The SMILES string of the molecule is CCNC(=O)c1cccc(CNC(=O)C2CNC2)c1. The van der Waals surface area contributed by atoms with Crippen LogP contribution in [0.25, 0.3) is 0 Å². The maximum atomic E-state index is 11.7. The van der Waals surface area contributed by atoms with E-state index in [1.807, 2.05) is 25.1 Å². The molecule has 3 N–H and O–H groups in total. The van der Waals surface area contributed by atoms with Gasteiger partial charge >= 0.3 is 0 Å². The zero-order valence-electron chi connectivity index (χ0n) is 11.0. The third-order valence-corrected chi connectivity index (χ3v) is 3.15. The standard InChI is InChI=1S/C14H19N3O2/c1-2-16-13(18)11-5-3-4-10(6-11)7-17-14(19)12-8-15-9-12/h3-6,12,15H,2,7-9H2,1H3,(H,16,18)(H,17,19). The second-order valence-electron chi connectivity index (χ2n) is 4.63. The third-order valence-electron chi connectivity index (χ3n) is 3.15. The maximum absolute atomic E-state index is 11.7. The summed E-state index contributed by atoms with van der Waals surface area (Å²) in [5.41, 5.74) is 1.56. The summed E-state index contributed by atoms with van der Waals surface area (Å²) in [7, 11) is 0. The van der Waals surface area contributed by atoms with E-state index in [-0.39, 0.29) is 17.7 Å². The van der Waals surface area contributed by atoms with E-state index in [1.54, 1.807) is 6.07 Å². The fraction of sp³-hybridized carbons (Fsp3) is 0.429. The molecule has 102 valence electrons. The van der Waals surface area contributed by atoms with Crippen molar-refractivity contribution in [2.45, 2.75) is 13.5 Å². The molecule has 1 aromatic rings. The second-order valence-corrected chi connectivity index (χ2v) is 4.63. The van der Waals surface area contributed by atoms with Crippen LogP contribution in [0, 0.1) is 5.92 Å². The Morgan fingerprint density at radius 2 is 2.11 bits per heavy atom. The first-order valence-electron chi connectivity index (χ1n) is 6.56. The molecule has 19 heavy (non-hydrogen) atoms. The van der Waals surface area contributed by atoms with Crippen LogP contribution in [-0.2, 0) is 11.3 Å². The van der Waals surface area contributed by atoms with Crippen LogP contribution in [0.1, 0.15) is 22.8 Å². The van der Waals surface area contributed by atoms with Crippen molar-refractivity contribution in [1.29, 1.82) is 0 Å². The van der Waals surface area contributed by atoms with Crippen molar-refractivity contribution < 1.29 is 9.59 Å². The van der Waals surface area contributed by atoms with Crippen LogP contribution in [0.3, 0.4) is 0 Å². The molecule has 1 aliphatic rings. The molecule has 5 heteroatoms. The lowest BCUT2D eigenvalue weighted by atomic mass is 10.0. The molecule has 1 fully saturated rings. The lowest BCUT2D eigenvalue weighted by Crippen LogP contribution is -2.50. The highest BCUT2D eigenvalue weighted by Crippen LogP contribution is 2.07. The number of hydrogen-bond donors (Lipinski definition) is 3. The number of carbonyl (C=O) groups excluding carboxylic acids is 2. The molecular weight excluding hydrogens is 242 g/mol. The number of rotatable bonds is 5. The van der Waals surface area contributed by atoms with Crippen molar-refractivity contribution >= 4 is 11.8 Å². The van der Waals surface area contributed by atoms with E-state index in [0.29, 0.717) is 18.7 Å². The minimum atomic E-state index is -0.0844. The molecule has 0 bridgehead atoms. The molecule has 1 aromatic carbocycles. The van der Waals surface area contributed by atoms with Gasteiger partial charge in [-0.15, -0.1) is 0 Å². The zero-order valence-corrected chi connectivity index (χ0v) is 11.0. The lowest BCUT2D eigenvalue weighted by Gasteiger charge is -2.25. The van der Waals surface area contributed by atoms with E-state index in [2.05, 4.69) is 16.0 Å². The smallest absolute Gasteiger partial charge is 0.251 e. The Hall–Kier alpha value is -1.88. The first kappa shape index (κ1) is 13.5. The summed E-state index contributed by atoms with van der Waals surface area (Å²) in [6.45, 7) is 4.46. The monoisotopic (exact) mass is 261 g/mol. The molecule has 0 aliphatic carbocycles.